The molecule has 2 N–H and O–H groups in total. The summed E-state index contributed by atoms with van der Waals surface area (Å²) in [5.74, 6) is 6.00. The lowest BCUT2D eigenvalue weighted by Crippen LogP contribution is -2.34. The maximum absolute atomic E-state index is 12.5. The Bertz CT molecular complexity index is 702. The fourth-order valence-corrected chi connectivity index (χ4v) is 2.47. The lowest BCUT2D eigenvalue weighted by molar-refractivity contribution is 0.474. The summed E-state index contributed by atoms with van der Waals surface area (Å²) in [6.07, 6.45) is 1.63. The topological polar surface area (TPSA) is 73.3 Å². The van der Waals surface area contributed by atoms with Gasteiger partial charge in [-0.3, -0.25) is 9.36 Å². The van der Waals surface area contributed by atoms with Gasteiger partial charge < -0.3 is 5.84 Å². The Morgan fingerprint density at radius 2 is 2.22 bits per heavy atom. The van der Waals surface area contributed by atoms with Crippen molar-refractivity contribution >= 4 is 16.6 Å². The molecule has 1 unspecified atom stereocenters. The molecule has 0 radical (unpaired) electrons. The monoisotopic (exact) mass is 242 g/mol. The first kappa shape index (κ1) is 11.0. The minimum Gasteiger partial charge on any atom is -0.323 e. The van der Waals surface area contributed by atoms with Gasteiger partial charge in [0.15, 0.2) is 5.82 Å². The molecule has 2 aromatic rings. The van der Waals surface area contributed by atoms with Crippen molar-refractivity contribution in [2.45, 2.75) is 25.8 Å². The highest BCUT2D eigenvalue weighted by atomic mass is 16.1. The molecule has 18 heavy (non-hydrogen) atoms. The normalized spacial score (nSPS) is 21.2. The predicted molar refractivity (Wildman–Crippen MR) is 70.7 cm³/mol. The van der Waals surface area contributed by atoms with Crippen LogP contribution in [0.5, 0.6) is 0 Å². The zero-order chi connectivity index (χ0) is 12.7. The highest BCUT2D eigenvalue weighted by Gasteiger charge is 2.24. The second-order valence-corrected chi connectivity index (χ2v) is 4.59. The first-order valence-electron chi connectivity index (χ1n) is 6.01. The van der Waals surface area contributed by atoms with Crippen molar-refractivity contribution in [2.24, 2.45) is 10.9 Å². The van der Waals surface area contributed by atoms with Crippen molar-refractivity contribution in [2.75, 3.05) is 0 Å². The van der Waals surface area contributed by atoms with Gasteiger partial charge in [0.1, 0.15) is 5.71 Å². The Kier molecular flexibility index (Phi) is 2.40. The maximum atomic E-state index is 12.5. The van der Waals surface area contributed by atoms with Gasteiger partial charge in [-0.25, -0.2) is 4.98 Å². The van der Waals surface area contributed by atoms with E-state index in [-0.39, 0.29) is 11.6 Å². The van der Waals surface area contributed by atoms with Crippen LogP contribution < -0.4 is 11.4 Å². The molecule has 1 aromatic carbocycles. The first-order chi connectivity index (χ1) is 8.72. The van der Waals surface area contributed by atoms with Gasteiger partial charge in [-0.1, -0.05) is 12.1 Å². The predicted octanol–water partition coefficient (Wildman–Crippen LogP) is 1.41. The van der Waals surface area contributed by atoms with E-state index in [2.05, 4.69) is 10.1 Å². The number of hydrogen-bond acceptors (Lipinski definition) is 4. The van der Waals surface area contributed by atoms with Crippen LogP contribution in [0.4, 0.5) is 0 Å². The molecule has 1 aliphatic heterocycles. The maximum Gasteiger partial charge on any atom is 0.261 e. The van der Waals surface area contributed by atoms with Crippen molar-refractivity contribution in [3.05, 3.63) is 40.4 Å². The fraction of sp³-hybridized carbons (Fsp3) is 0.308. The quantitative estimate of drug-likeness (QED) is 0.560. The molecule has 0 aliphatic carbocycles. The van der Waals surface area contributed by atoms with E-state index in [0.29, 0.717) is 22.4 Å². The van der Waals surface area contributed by atoms with E-state index in [1.807, 2.05) is 25.1 Å². The van der Waals surface area contributed by atoms with E-state index in [1.165, 1.54) is 0 Å². The van der Waals surface area contributed by atoms with Gasteiger partial charge in [-0.2, -0.15) is 5.10 Å². The van der Waals surface area contributed by atoms with Crippen LogP contribution in [0.15, 0.2) is 34.2 Å². The van der Waals surface area contributed by atoms with Crippen molar-refractivity contribution in [3.63, 3.8) is 0 Å². The Balaban J connectivity index is 2.44. The van der Waals surface area contributed by atoms with E-state index in [0.717, 1.165) is 12.8 Å². The molecule has 5 nitrogen and oxygen atoms in total. The van der Waals surface area contributed by atoms with Gasteiger partial charge in [-0.15, -0.1) is 0 Å². The highest BCUT2D eigenvalue weighted by molar-refractivity contribution is 5.99. The molecule has 0 spiro atoms. The van der Waals surface area contributed by atoms with E-state index in [9.17, 15) is 4.79 Å². The highest BCUT2D eigenvalue weighted by Crippen LogP contribution is 2.23. The number of hydrazone groups is 1. The van der Waals surface area contributed by atoms with Crippen LogP contribution in [0, 0.1) is 0 Å². The third-order valence-corrected chi connectivity index (χ3v) is 3.46. The number of hydrogen-bond donors (Lipinski definition) is 1. The average molecular weight is 242 g/mol. The van der Waals surface area contributed by atoms with Crippen LogP contribution in [-0.4, -0.2) is 15.3 Å². The second kappa shape index (κ2) is 3.94. The third-order valence-electron chi connectivity index (χ3n) is 3.46. The van der Waals surface area contributed by atoms with E-state index < -0.39 is 0 Å². The van der Waals surface area contributed by atoms with Gasteiger partial charge in [-0.05, 0) is 31.9 Å². The van der Waals surface area contributed by atoms with Crippen LogP contribution in [0.2, 0.25) is 0 Å². The minimum absolute atomic E-state index is 0.0102. The number of para-hydroxylation sites is 1. The zero-order valence-electron chi connectivity index (χ0n) is 10.1. The molecule has 1 aromatic heterocycles. The van der Waals surface area contributed by atoms with E-state index in [1.54, 1.807) is 10.6 Å². The third kappa shape index (κ3) is 1.44. The second-order valence-electron chi connectivity index (χ2n) is 4.59. The number of nitrogens with zero attached hydrogens (tertiary/aromatic N) is 3. The Hall–Kier alpha value is -2.17. The fourth-order valence-electron chi connectivity index (χ4n) is 2.47. The van der Waals surface area contributed by atoms with Crippen molar-refractivity contribution in [1.29, 1.82) is 0 Å². The van der Waals surface area contributed by atoms with Gasteiger partial charge in [0.2, 0.25) is 0 Å². The van der Waals surface area contributed by atoms with Crippen LogP contribution in [0.3, 0.4) is 0 Å². The standard InChI is InChI=1S/C13H14N4O/c1-8-6-7-11(16-14)12-15-10-5-3-2-4-9(10)13(18)17(8)12/h2-5,8H,6-7,14H2,1H3. The molecule has 0 saturated heterocycles. The average Bonchev–Trinajstić information content (AvgIpc) is 2.39. The molecule has 0 bridgehead atoms. The summed E-state index contributed by atoms with van der Waals surface area (Å²) in [5.41, 5.74) is 1.39. The lowest BCUT2D eigenvalue weighted by Gasteiger charge is -2.25. The van der Waals surface area contributed by atoms with E-state index in [4.69, 9.17) is 5.84 Å². The Morgan fingerprint density at radius 1 is 1.44 bits per heavy atom. The minimum atomic E-state index is -0.0102. The molecule has 1 atom stereocenters. The van der Waals surface area contributed by atoms with Crippen LogP contribution in [-0.2, 0) is 0 Å². The molecule has 3 rings (SSSR count). The zero-order valence-corrected chi connectivity index (χ0v) is 10.1. The van der Waals surface area contributed by atoms with Crippen molar-refractivity contribution < 1.29 is 0 Å². The van der Waals surface area contributed by atoms with Crippen LogP contribution in [0.1, 0.15) is 31.6 Å². The summed E-state index contributed by atoms with van der Waals surface area (Å²) in [7, 11) is 0. The summed E-state index contributed by atoms with van der Waals surface area (Å²) in [6, 6.07) is 7.50. The molecule has 92 valence electrons. The molecular weight excluding hydrogens is 228 g/mol. The molecule has 0 fully saturated rings. The molecule has 5 heteroatoms. The van der Waals surface area contributed by atoms with Crippen LogP contribution in [0.25, 0.3) is 10.9 Å². The number of fused-ring (bicyclic) bond motifs is 2. The smallest absolute Gasteiger partial charge is 0.261 e. The lowest BCUT2D eigenvalue weighted by atomic mass is 10.0. The summed E-state index contributed by atoms with van der Waals surface area (Å²) in [5, 5.41) is 4.41. The first-order valence-corrected chi connectivity index (χ1v) is 6.01. The van der Waals surface area contributed by atoms with Crippen molar-refractivity contribution in [1.82, 2.24) is 9.55 Å². The summed E-state index contributed by atoms with van der Waals surface area (Å²) < 4.78 is 1.71. The molecule has 2 heterocycles. The number of rotatable bonds is 0. The number of nitrogens with two attached hydrogens (primary N) is 1. The summed E-state index contributed by atoms with van der Waals surface area (Å²) in [6.45, 7) is 2.02. The SMILES string of the molecule is CC1CCC(=NN)c2nc3ccccc3c(=O)n21. The summed E-state index contributed by atoms with van der Waals surface area (Å²) >= 11 is 0. The molecule has 1 aliphatic rings. The van der Waals surface area contributed by atoms with Crippen LogP contribution >= 0.6 is 0 Å². The molecule has 0 amide bonds. The Morgan fingerprint density at radius 3 is 3.00 bits per heavy atom. The van der Waals surface area contributed by atoms with Crippen molar-refractivity contribution in [3.8, 4) is 0 Å². The number of benzene rings is 1. The van der Waals surface area contributed by atoms with E-state index >= 15 is 0 Å². The Labute approximate surface area is 104 Å². The molecular formula is C13H14N4O. The van der Waals surface area contributed by atoms with Gasteiger partial charge in [0.05, 0.1) is 10.9 Å². The van der Waals surface area contributed by atoms with Gasteiger partial charge in [0, 0.05) is 6.04 Å². The van der Waals surface area contributed by atoms with Gasteiger partial charge >= 0.3 is 0 Å². The summed E-state index contributed by atoms with van der Waals surface area (Å²) in [4.78, 5) is 17.0. The molecule has 0 saturated carbocycles. The van der Waals surface area contributed by atoms with Gasteiger partial charge in [0.25, 0.3) is 5.56 Å². The largest absolute Gasteiger partial charge is 0.323 e. The number of aromatic nitrogens is 2.